The molecule has 0 aliphatic carbocycles. The minimum absolute atomic E-state index is 0.0124. The minimum Gasteiger partial charge on any atom is -0.258 e. The second-order valence-corrected chi connectivity index (χ2v) is 6.68. The van der Waals surface area contributed by atoms with E-state index in [0.29, 0.717) is 0 Å². The normalized spacial score (nSPS) is 12.8. The Hall–Kier alpha value is -2.25. The van der Waals surface area contributed by atoms with Crippen molar-refractivity contribution in [3.63, 3.8) is 0 Å². The molecule has 2 rings (SSSR count). The molecule has 0 aliphatic rings. The molecule has 0 fully saturated rings. The molecule has 1 atom stereocenters. The highest BCUT2D eigenvalue weighted by Gasteiger charge is 2.17. The van der Waals surface area contributed by atoms with Gasteiger partial charge in [0.1, 0.15) is 0 Å². The number of hydrogen-bond donors (Lipinski definition) is 1. The van der Waals surface area contributed by atoms with E-state index in [2.05, 4.69) is 4.72 Å². The molecule has 0 saturated heterocycles. The van der Waals surface area contributed by atoms with Gasteiger partial charge in [0.25, 0.3) is 5.69 Å². The zero-order valence-electron chi connectivity index (χ0n) is 12.0. The van der Waals surface area contributed by atoms with Crippen LogP contribution in [-0.2, 0) is 10.0 Å². The van der Waals surface area contributed by atoms with Gasteiger partial charge in [-0.1, -0.05) is 37.3 Å². The summed E-state index contributed by atoms with van der Waals surface area (Å²) in [7, 11) is -3.68. The van der Waals surface area contributed by atoms with Crippen molar-refractivity contribution in [3.8, 4) is 0 Å². The van der Waals surface area contributed by atoms with E-state index < -0.39 is 14.9 Å². The van der Waals surface area contributed by atoms with Gasteiger partial charge in [-0.25, -0.2) is 13.1 Å². The third kappa shape index (κ3) is 3.90. The van der Waals surface area contributed by atoms with Gasteiger partial charge in [0.2, 0.25) is 10.0 Å². The first-order valence-electron chi connectivity index (χ1n) is 6.69. The molecule has 2 aromatic rings. The fourth-order valence-corrected chi connectivity index (χ4v) is 3.09. The zero-order chi connectivity index (χ0) is 16.2. The number of benzene rings is 2. The molecule has 0 bridgehead atoms. The Balaban J connectivity index is 2.06. The average Bonchev–Trinajstić information content (AvgIpc) is 2.53. The summed E-state index contributed by atoms with van der Waals surface area (Å²) in [4.78, 5) is 10.0. The van der Waals surface area contributed by atoms with Crippen molar-refractivity contribution >= 4 is 15.7 Å². The molecule has 0 aromatic heterocycles. The van der Waals surface area contributed by atoms with Crippen molar-refractivity contribution in [1.29, 1.82) is 0 Å². The number of sulfonamides is 1. The maximum Gasteiger partial charge on any atom is 0.269 e. The van der Waals surface area contributed by atoms with E-state index in [-0.39, 0.29) is 23.0 Å². The third-order valence-corrected chi connectivity index (χ3v) is 4.75. The van der Waals surface area contributed by atoms with Crippen LogP contribution in [-0.4, -0.2) is 19.9 Å². The van der Waals surface area contributed by atoms with E-state index in [9.17, 15) is 18.5 Å². The van der Waals surface area contributed by atoms with E-state index in [1.807, 2.05) is 37.3 Å². The second kappa shape index (κ2) is 6.67. The molecule has 0 amide bonds. The lowest BCUT2D eigenvalue weighted by molar-refractivity contribution is -0.384. The van der Waals surface area contributed by atoms with Crippen molar-refractivity contribution in [1.82, 2.24) is 4.72 Å². The minimum atomic E-state index is -3.68. The molecule has 0 aliphatic heterocycles. The van der Waals surface area contributed by atoms with Gasteiger partial charge in [-0.15, -0.1) is 0 Å². The Labute approximate surface area is 129 Å². The van der Waals surface area contributed by atoms with Crippen LogP contribution in [0, 0.1) is 10.1 Å². The van der Waals surface area contributed by atoms with Gasteiger partial charge in [-0.05, 0) is 23.6 Å². The van der Waals surface area contributed by atoms with E-state index in [1.54, 1.807) is 0 Å². The van der Waals surface area contributed by atoms with Crippen LogP contribution in [0.2, 0.25) is 0 Å². The van der Waals surface area contributed by atoms with E-state index >= 15 is 0 Å². The summed E-state index contributed by atoms with van der Waals surface area (Å²) in [6.07, 6.45) is 0. The van der Waals surface area contributed by atoms with Crippen LogP contribution >= 0.6 is 0 Å². The van der Waals surface area contributed by atoms with Gasteiger partial charge in [0.05, 0.1) is 9.82 Å². The number of hydrogen-bond acceptors (Lipinski definition) is 4. The smallest absolute Gasteiger partial charge is 0.258 e. The number of nitrogens with zero attached hydrogens (tertiary/aromatic N) is 1. The molecule has 0 saturated carbocycles. The van der Waals surface area contributed by atoms with Crippen LogP contribution in [0.15, 0.2) is 59.5 Å². The summed E-state index contributed by atoms with van der Waals surface area (Å²) in [6, 6.07) is 14.4. The number of nitrogens with one attached hydrogen (secondary N) is 1. The molecule has 116 valence electrons. The monoisotopic (exact) mass is 320 g/mol. The van der Waals surface area contributed by atoms with Crippen LogP contribution in [0.4, 0.5) is 5.69 Å². The first-order chi connectivity index (χ1) is 10.4. The average molecular weight is 320 g/mol. The van der Waals surface area contributed by atoms with Gasteiger partial charge < -0.3 is 0 Å². The molecule has 2 aromatic carbocycles. The van der Waals surface area contributed by atoms with Gasteiger partial charge in [-0.3, -0.25) is 10.1 Å². The predicted octanol–water partition coefficient (Wildman–Crippen LogP) is 2.68. The fraction of sp³-hybridized carbons (Fsp3) is 0.200. The molecular weight excluding hydrogens is 304 g/mol. The van der Waals surface area contributed by atoms with Crippen LogP contribution < -0.4 is 4.72 Å². The van der Waals surface area contributed by atoms with Crippen LogP contribution in [0.3, 0.4) is 0 Å². The molecule has 0 unspecified atom stereocenters. The van der Waals surface area contributed by atoms with Crippen LogP contribution in [0.1, 0.15) is 18.4 Å². The SMILES string of the molecule is C[C@H](CNS(=O)(=O)c1ccc([N+](=O)[O-])cc1)c1ccccc1. The third-order valence-electron chi connectivity index (χ3n) is 3.31. The van der Waals surface area contributed by atoms with Crippen molar-refractivity contribution in [3.05, 3.63) is 70.3 Å². The van der Waals surface area contributed by atoms with Gasteiger partial charge in [0.15, 0.2) is 0 Å². The highest BCUT2D eigenvalue weighted by Crippen LogP contribution is 2.17. The molecule has 0 radical (unpaired) electrons. The van der Waals surface area contributed by atoms with E-state index in [1.165, 1.54) is 24.3 Å². The first-order valence-corrected chi connectivity index (χ1v) is 8.17. The van der Waals surface area contributed by atoms with Crippen LogP contribution in [0.25, 0.3) is 0 Å². The first kappa shape index (κ1) is 16.1. The Kier molecular flexibility index (Phi) is 4.89. The van der Waals surface area contributed by atoms with Crippen molar-refractivity contribution in [2.75, 3.05) is 6.54 Å². The van der Waals surface area contributed by atoms with Gasteiger partial charge >= 0.3 is 0 Å². The summed E-state index contributed by atoms with van der Waals surface area (Å²) in [5.74, 6) is 0.0222. The number of non-ortho nitro benzene ring substituents is 1. The summed E-state index contributed by atoms with van der Waals surface area (Å²) in [5.41, 5.74) is 0.894. The van der Waals surface area contributed by atoms with Crippen molar-refractivity contribution < 1.29 is 13.3 Å². The number of rotatable bonds is 6. The van der Waals surface area contributed by atoms with Gasteiger partial charge in [-0.2, -0.15) is 0 Å². The fourth-order valence-electron chi connectivity index (χ4n) is 1.96. The molecule has 6 nitrogen and oxygen atoms in total. The summed E-state index contributed by atoms with van der Waals surface area (Å²) in [5, 5.41) is 10.6. The zero-order valence-corrected chi connectivity index (χ0v) is 12.8. The number of nitro groups is 1. The molecule has 1 N–H and O–H groups in total. The summed E-state index contributed by atoms with van der Waals surface area (Å²) < 4.78 is 26.9. The molecule has 7 heteroatoms. The lowest BCUT2D eigenvalue weighted by Gasteiger charge is -2.13. The largest absolute Gasteiger partial charge is 0.269 e. The Morgan fingerprint density at radius 2 is 1.68 bits per heavy atom. The quantitative estimate of drug-likeness (QED) is 0.654. The lowest BCUT2D eigenvalue weighted by Crippen LogP contribution is -2.27. The lowest BCUT2D eigenvalue weighted by atomic mass is 10.0. The molecule has 0 spiro atoms. The second-order valence-electron chi connectivity index (χ2n) is 4.91. The standard InChI is InChI=1S/C15H16N2O4S/c1-12(13-5-3-2-4-6-13)11-16-22(20,21)15-9-7-14(8-10-15)17(18)19/h2-10,12,16H,11H2,1H3/t12-/m1/s1. The van der Waals surface area contributed by atoms with Gasteiger partial charge in [0, 0.05) is 18.7 Å². The predicted molar refractivity (Wildman–Crippen MR) is 83.1 cm³/mol. The van der Waals surface area contributed by atoms with Crippen LogP contribution in [0.5, 0.6) is 0 Å². The topological polar surface area (TPSA) is 89.3 Å². The highest BCUT2D eigenvalue weighted by atomic mass is 32.2. The molecular formula is C15H16N2O4S. The molecule has 22 heavy (non-hydrogen) atoms. The van der Waals surface area contributed by atoms with Crippen molar-refractivity contribution in [2.24, 2.45) is 0 Å². The Bertz CT molecular complexity index is 743. The molecule has 0 heterocycles. The van der Waals surface area contributed by atoms with E-state index in [4.69, 9.17) is 0 Å². The van der Waals surface area contributed by atoms with E-state index in [0.717, 1.165) is 5.56 Å². The Morgan fingerprint density at radius 1 is 1.09 bits per heavy atom. The number of nitro benzene ring substituents is 1. The highest BCUT2D eigenvalue weighted by molar-refractivity contribution is 7.89. The van der Waals surface area contributed by atoms with Crippen molar-refractivity contribution in [2.45, 2.75) is 17.7 Å². The summed E-state index contributed by atoms with van der Waals surface area (Å²) in [6.45, 7) is 2.18. The summed E-state index contributed by atoms with van der Waals surface area (Å²) >= 11 is 0. The maximum absolute atomic E-state index is 12.2. The maximum atomic E-state index is 12.2. The Morgan fingerprint density at radius 3 is 2.23 bits per heavy atom.